The number of alkyl halides is 1. The molecule has 5 rings (SSSR count). The van der Waals surface area contributed by atoms with Crippen LogP contribution < -0.4 is 15.8 Å². The van der Waals surface area contributed by atoms with Crippen molar-refractivity contribution in [2.45, 2.75) is 84.6 Å². The number of nitrogens with one attached hydrogen (secondary N) is 2. The number of aromatic nitrogens is 1. The van der Waals surface area contributed by atoms with Gasteiger partial charge in [0.05, 0.1) is 11.1 Å². The number of halogens is 1. The second-order valence-electron chi connectivity index (χ2n) is 12.8. The fourth-order valence-electron chi connectivity index (χ4n) is 6.59. The van der Waals surface area contributed by atoms with Crippen molar-refractivity contribution >= 4 is 28.8 Å². The van der Waals surface area contributed by atoms with E-state index in [4.69, 9.17) is 16.3 Å². The summed E-state index contributed by atoms with van der Waals surface area (Å²) in [6, 6.07) is 6.04. The SMILES string of the molecule is C=C(C1CC1)N(CC)c1cc(C2=CC=C(OCCN3CCCCC3)CCC2Cl)cc(C(=O)NCc2c(C)cc(C)[nH]c2=O)c1C. The Labute approximate surface area is 273 Å². The smallest absolute Gasteiger partial charge is 0.253 e. The number of aryl methyl sites for hydroxylation is 2. The van der Waals surface area contributed by atoms with Crippen molar-refractivity contribution in [1.82, 2.24) is 15.2 Å². The Morgan fingerprint density at radius 2 is 1.87 bits per heavy atom. The number of H-pyrrole nitrogens is 1. The van der Waals surface area contributed by atoms with Crippen LogP contribution in [0.25, 0.3) is 5.57 Å². The van der Waals surface area contributed by atoms with Gasteiger partial charge in [-0.25, -0.2) is 0 Å². The van der Waals surface area contributed by atoms with Crippen LogP contribution in [0.15, 0.2) is 53.2 Å². The van der Waals surface area contributed by atoms with Crippen molar-refractivity contribution in [1.29, 1.82) is 0 Å². The van der Waals surface area contributed by atoms with E-state index in [-0.39, 0.29) is 23.4 Å². The minimum absolute atomic E-state index is 0.146. The van der Waals surface area contributed by atoms with Gasteiger partial charge in [-0.15, -0.1) is 11.6 Å². The summed E-state index contributed by atoms with van der Waals surface area (Å²) in [4.78, 5) is 34.1. The standard InChI is InChI=1S/C37H49ClN4O3/c1-6-42(27(5)28-10-11-28)35-22-29(21-32(26(35)4)36(43)39-23-33-24(2)20-25(3)40-37(33)44)31-14-12-30(13-15-34(31)38)45-19-18-41-16-8-7-9-17-41/h12,14,20-22,28,34H,5-11,13,15-19,23H2,1-4H3,(H,39,43)(H,40,44). The zero-order valence-corrected chi connectivity index (χ0v) is 28.2. The molecule has 7 nitrogen and oxygen atoms in total. The van der Waals surface area contributed by atoms with Crippen molar-refractivity contribution in [3.63, 3.8) is 0 Å². The minimum atomic E-state index is -0.230. The summed E-state index contributed by atoms with van der Waals surface area (Å²) < 4.78 is 6.23. The van der Waals surface area contributed by atoms with E-state index in [0.29, 0.717) is 23.7 Å². The van der Waals surface area contributed by atoms with Gasteiger partial charge < -0.3 is 19.9 Å². The van der Waals surface area contributed by atoms with Crippen LogP contribution in [0.5, 0.6) is 0 Å². The summed E-state index contributed by atoms with van der Waals surface area (Å²) in [6.07, 6.45) is 11.8. The molecule has 0 spiro atoms. The first kappa shape index (κ1) is 33.1. The molecule has 0 radical (unpaired) electrons. The van der Waals surface area contributed by atoms with Gasteiger partial charge in [-0.2, -0.15) is 0 Å². The minimum Gasteiger partial charge on any atom is -0.497 e. The molecule has 1 atom stereocenters. The van der Waals surface area contributed by atoms with Crippen molar-refractivity contribution < 1.29 is 9.53 Å². The largest absolute Gasteiger partial charge is 0.497 e. The third-order valence-electron chi connectivity index (χ3n) is 9.45. The summed E-state index contributed by atoms with van der Waals surface area (Å²) >= 11 is 7.06. The molecule has 1 saturated heterocycles. The van der Waals surface area contributed by atoms with Crippen LogP contribution in [0.4, 0.5) is 5.69 Å². The summed E-state index contributed by atoms with van der Waals surface area (Å²) in [5.41, 5.74) is 7.44. The van der Waals surface area contributed by atoms with Crippen LogP contribution in [0.2, 0.25) is 0 Å². The Balaban J connectivity index is 1.44. The van der Waals surface area contributed by atoms with Gasteiger partial charge in [0.1, 0.15) is 6.61 Å². The first-order valence-electron chi connectivity index (χ1n) is 16.6. The molecule has 3 aliphatic rings. The zero-order chi connectivity index (χ0) is 32.1. The summed E-state index contributed by atoms with van der Waals surface area (Å²) in [6.45, 7) is 17.1. The van der Waals surface area contributed by atoms with Crippen LogP contribution in [-0.4, -0.2) is 54.0 Å². The van der Waals surface area contributed by atoms with Gasteiger partial charge in [-0.1, -0.05) is 19.1 Å². The van der Waals surface area contributed by atoms with Crippen LogP contribution in [0.1, 0.15) is 90.2 Å². The third kappa shape index (κ3) is 8.11. The Morgan fingerprint density at radius 3 is 2.56 bits per heavy atom. The van der Waals surface area contributed by atoms with E-state index < -0.39 is 0 Å². The van der Waals surface area contributed by atoms with Gasteiger partial charge in [0, 0.05) is 54.3 Å². The summed E-state index contributed by atoms with van der Waals surface area (Å²) in [5, 5.41) is 2.80. The van der Waals surface area contributed by atoms with Crippen LogP contribution >= 0.6 is 11.6 Å². The molecular weight excluding hydrogens is 584 g/mol. The zero-order valence-electron chi connectivity index (χ0n) is 27.4. The molecule has 1 aromatic carbocycles. The number of nitrogens with zero attached hydrogens (tertiary/aromatic N) is 2. The van der Waals surface area contributed by atoms with E-state index in [1.54, 1.807) is 0 Å². The first-order chi connectivity index (χ1) is 21.7. The van der Waals surface area contributed by atoms with Crippen LogP contribution in [0, 0.1) is 26.7 Å². The fourth-order valence-corrected chi connectivity index (χ4v) is 6.90. The monoisotopic (exact) mass is 632 g/mol. The van der Waals surface area contributed by atoms with Crippen molar-refractivity contribution in [3.05, 3.63) is 92.3 Å². The molecule has 1 amide bonds. The maximum atomic E-state index is 13.8. The number of anilines is 1. The molecule has 8 heteroatoms. The first-order valence-corrected chi connectivity index (χ1v) is 17.1. The Morgan fingerprint density at radius 1 is 1.11 bits per heavy atom. The molecule has 2 N–H and O–H groups in total. The van der Waals surface area contributed by atoms with Crippen molar-refractivity contribution in [2.24, 2.45) is 5.92 Å². The lowest BCUT2D eigenvalue weighted by atomic mass is 9.93. The van der Waals surface area contributed by atoms with E-state index in [9.17, 15) is 9.59 Å². The number of carbonyl (C=O) groups is 1. The number of benzene rings is 1. The summed E-state index contributed by atoms with van der Waals surface area (Å²) in [5.74, 6) is 1.21. The highest BCUT2D eigenvalue weighted by Crippen LogP contribution is 2.41. The number of allylic oxidation sites excluding steroid dienone is 5. The second-order valence-corrected chi connectivity index (χ2v) is 13.3. The molecule has 45 heavy (non-hydrogen) atoms. The number of aromatic amines is 1. The van der Waals surface area contributed by atoms with Crippen LogP contribution in [-0.2, 0) is 11.3 Å². The van der Waals surface area contributed by atoms with Crippen LogP contribution in [0.3, 0.4) is 0 Å². The number of likely N-dealkylation sites (tertiary alicyclic amines) is 1. The fraction of sp³-hybridized carbons (Fsp3) is 0.514. The van der Waals surface area contributed by atoms with E-state index in [1.165, 1.54) is 19.3 Å². The number of pyridine rings is 1. The van der Waals surface area contributed by atoms with Gasteiger partial charge in [0.15, 0.2) is 0 Å². The number of hydrogen-bond donors (Lipinski definition) is 2. The van der Waals surface area contributed by atoms with Crippen molar-refractivity contribution in [2.75, 3.05) is 37.7 Å². The van der Waals surface area contributed by atoms with Gasteiger partial charge in [0.2, 0.25) is 0 Å². The number of hydrogen-bond acceptors (Lipinski definition) is 5. The highest BCUT2D eigenvalue weighted by atomic mass is 35.5. The quantitative estimate of drug-likeness (QED) is 0.243. The molecule has 2 aliphatic carbocycles. The lowest BCUT2D eigenvalue weighted by Gasteiger charge is -2.29. The molecule has 242 valence electrons. The highest BCUT2D eigenvalue weighted by Gasteiger charge is 2.30. The normalized spacial score (nSPS) is 18.9. The van der Waals surface area contributed by atoms with Gasteiger partial charge in [0.25, 0.3) is 11.5 Å². The lowest BCUT2D eigenvalue weighted by Crippen LogP contribution is -2.32. The molecule has 2 aromatic rings. The van der Waals surface area contributed by atoms with Gasteiger partial charge in [-0.05, 0) is 125 Å². The molecule has 0 bridgehead atoms. The predicted octanol–water partition coefficient (Wildman–Crippen LogP) is 7.15. The number of piperidine rings is 1. The average molecular weight is 633 g/mol. The maximum absolute atomic E-state index is 13.8. The van der Waals surface area contributed by atoms with Crippen molar-refractivity contribution in [3.8, 4) is 0 Å². The number of amides is 1. The molecular formula is C37H49ClN4O3. The predicted molar refractivity (Wildman–Crippen MR) is 185 cm³/mol. The third-order valence-corrected chi connectivity index (χ3v) is 9.91. The average Bonchev–Trinajstić information content (AvgIpc) is 3.88. The van der Waals surface area contributed by atoms with E-state index in [2.05, 4.69) is 51.8 Å². The highest BCUT2D eigenvalue weighted by molar-refractivity contribution is 6.26. The second kappa shape index (κ2) is 14.9. The molecule has 1 aliphatic heterocycles. The Bertz CT molecular complexity index is 1530. The number of ether oxygens (including phenoxy) is 1. The number of rotatable bonds is 12. The Kier molecular flexibility index (Phi) is 10.9. The molecule has 1 unspecified atom stereocenters. The van der Waals surface area contributed by atoms with Gasteiger partial charge >= 0.3 is 0 Å². The van der Waals surface area contributed by atoms with E-state index in [1.807, 2.05) is 32.9 Å². The lowest BCUT2D eigenvalue weighted by molar-refractivity contribution is 0.0950. The molecule has 1 aromatic heterocycles. The summed E-state index contributed by atoms with van der Waals surface area (Å²) in [7, 11) is 0. The van der Waals surface area contributed by atoms with Gasteiger partial charge in [-0.3, -0.25) is 14.5 Å². The van der Waals surface area contributed by atoms with E-state index in [0.717, 1.165) is 97.0 Å². The van der Waals surface area contributed by atoms with E-state index >= 15 is 0 Å². The molecule has 1 saturated carbocycles. The molecule has 2 fully saturated rings. The molecule has 2 heterocycles. The number of carbonyl (C=O) groups excluding carboxylic acids is 1. The maximum Gasteiger partial charge on any atom is 0.253 e. The topological polar surface area (TPSA) is 77.7 Å². The Hall–Kier alpha value is -3.29.